The van der Waals surface area contributed by atoms with Crippen molar-refractivity contribution in [3.63, 3.8) is 0 Å². The summed E-state index contributed by atoms with van der Waals surface area (Å²) in [5.74, 6) is 2.04. The molecular formula is C11H22OSi. The highest BCUT2D eigenvalue weighted by atomic mass is 28.3. The summed E-state index contributed by atoms with van der Waals surface area (Å²) in [5.41, 5.74) is 3.73. The third-order valence-corrected chi connectivity index (χ3v) is 9.93. The maximum Gasteiger partial charge on any atom is 0.115 e. The Morgan fingerprint density at radius 2 is 1.23 bits per heavy atom. The first-order chi connectivity index (χ1) is 5.89. The van der Waals surface area contributed by atoms with Crippen LogP contribution < -0.4 is 0 Å². The summed E-state index contributed by atoms with van der Waals surface area (Å²) < 4.78 is 0. The Labute approximate surface area is 83.2 Å². The van der Waals surface area contributed by atoms with Crippen LogP contribution in [0, 0.1) is 0 Å². The van der Waals surface area contributed by atoms with E-state index in [2.05, 4.69) is 41.5 Å². The summed E-state index contributed by atoms with van der Waals surface area (Å²) in [6.07, 6.45) is 0. The van der Waals surface area contributed by atoms with Crippen LogP contribution in [-0.4, -0.2) is 14.0 Å². The van der Waals surface area contributed by atoms with Gasteiger partial charge in [-0.25, -0.2) is 4.79 Å². The van der Waals surface area contributed by atoms with Crippen LogP contribution in [0.4, 0.5) is 0 Å². The normalized spacial score (nSPS) is 12.4. The van der Waals surface area contributed by atoms with Gasteiger partial charge < -0.3 is 0 Å². The first kappa shape index (κ1) is 12.7. The van der Waals surface area contributed by atoms with Gasteiger partial charge in [0.25, 0.3) is 0 Å². The Morgan fingerprint density at radius 3 is 1.31 bits per heavy atom. The van der Waals surface area contributed by atoms with Gasteiger partial charge in [-0.1, -0.05) is 41.5 Å². The molecular weight excluding hydrogens is 176 g/mol. The molecule has 0 heterocycles. The Hall–Kier alpha value is -0.333. The molecule has 0 bridgehead atoms. The zero-order valence-electron chi connectivity index (χ0n) is 9.72. The van der Waals surface area contributed by atoms with Gasteiger partial charge in [-0.05, 0) is 22.3 Å². The lowest BCUT2D eigenvalue weighted by atomic mass is 10.5. The van der Waals surface area contributed by atoms with Gasteiger partial charge in [0, 0.05) is 0 Å². The first-order valence-electron chi connectivity index (χ1n) is 5.11. The molecule has 0 fully saturated rings. The van der Waals surface area contributed by atoms with Crippen molar-refractivity contribution >= 4 is 14.0 Å². The summed E-state index contributed by atoms with van der Waals surface area (Å²) in [6.45, 7) is 13.4. The van der Waals surface area contributed by atoms with Gasteiger partial charge in [-0.15, -0.1) is 0 Å². The second-order valence-electron chi connectivity index (χ2n) is 4.73. The van der Waals surface area contributed by atoms with Crippen molar-refractivity contribution in [3.8, 4) is 0 Å². The summed E-state index contributed by atoms with van der Waals surface area (Å²) in [4.78, 5) is 10.6. The minimum absolute atomic E-state index is 0.619. The second kappa shape index (κ2) is 4.78. The average molecular weight is 198 g/mol. The van der Waals surface area contributed by atoms with Gasteiger partial charge in [0.2, 0.25) is 0 Å². The molecule has 0 radical (unpaired) electrons. The molecule has 0 saturated carbocycles. The molecule has 0 aromatic heterocycles. The molecule has 0 aliphatic rings. The molecule has 0 aromatic carbocycles. The highest BCUT2D eigenvalue weighted by Crippen LogP contribution is 2.41. The first-order valence-corrected chi connectivity index (χ1v) is 7.42. The van der Waals surface area contributed by atoms with Gasteiger partial charge in [0.1, 0.15) is 5.94 Å². The number of carbonyl (C=O) groups excluding carboxylic acids is 1. The summed E-state index contributed by atoms with van der Waals surface area (Å²) in [6, 6.07) is 0. The molecule has 0 saturated heterocycles. The monoisotopic (exact) mass is 198 g/mol. The van der Waals surface area contributed by atoms with Crippen molar-refractivity contribution in [2.24, 2.45) is 0 Å². The van der Waals surface area contributed by atoms with Crippen LogP contribution in [0.25, 0.3) is 0 Å². The number of rotatable bonds is 4. The summed E-state index contributed by atoms with van der Waals surface area (Å²) in [7, 11) is -1.58. The third-order valence-electron chi connectivity index (χ3n) is 3.31. The van der Waals surface area contributed by atoms with E-state index in [1.54, 1.807) is 0 Å². The van der Waals surface area contributed by atoms with Gasteiger partial charge in [0.15, 0.2) is 0 Å². The van der Waals surface area contributed by atoms with Crippen LogP contribution in [0.15, 0.2) is 5.70 Å². The highest BCUT2D eigenvalue weighted by Gasteiger charge is 2.40. The van der Waals surface area contributed by atoms with Gasteiger partial charge in [-0.2, -0.15) is 0 Å². The fraction of sp³-hybridized carbons (Fsp3) is 0.818. The predicted molar refractivity (Wildman–Crippen MR) is 61.3 cm³/mol. The zero-order valence-corrected chi connectivity index (χ0v) is 10.7. The average Bonchev–Trinajstić information content (AvgIpc) is 1.97. The van der Waals surface area contributed by atoms with E-state index >= 15 is 0 Å². The molecule has 13 heavy (non-hydrogen) atoms. The SMILES string of the molecule is CC(C)[Si](C=C=O)(C(C)C)C(C)C. The molecule has 2 heteroatoms. The molecule has 0 unspecified atom stereocenters. The van der Waals surface area contributed by atoms with E-state index < -0.39 is 8.07 Å². The van der Waals surface area contributed by atoms with E-state index in [0.29, 0.717) is 16.6 Å². The van der Waals surface area contributed by atoms with Gasteiger partial charge in [0.05, 0.1) is 8.07 Å². The Morgan fingerprint density at radius 1 is 0.923 bits per heavy atom. The maximum absolute atomic E-state index is 10.6. The van der Waals surface area contributed by atoms with Crippen molar-refractivity contribution in [3.05, 3.63) is 5.70 Å². The van der Waals surface area contributed by atoms with Crippen LogP contribution in [-0.2, 0) is 4.79 Å². The molecule has 0 aliphatic heterocycles. The summed E-state index contributed by atoms with van der Waals surface area (Å²) >= 11 is 0. The van der Waals surface area contributed by atoms with E-state index in [-0.39, 0.29) is 0 Å². The van der Waals surface area contributed by atoms with E-state index in [0.717, 1.165) is 0 Å². The lowest BCUT2D eigenvalue weighted by molar-refractivity contribution is 0.569. The molecule has 0 rings (SSSR count). The number of hydrogen-bond donors (Lipinski definition) is 0. The minimum atomic E-state index is -1.58. The number of hydrogen-bond acceptors (Lipinski definition) is 1. The van der Waals surface area contributed by atoms with Crippen LogP contribution in [0.3, 0.4) is 0 Å². The maximum atomic E-state index is 10.6. The highest BCUT2D eigenvalue weighted by molar-refractivity contribution is 6.88. The third kappa shape index (κ3) is 2.32. The smallest absolute Gasteiger partial charge is 0.115 e. The van der Waals surface area contributed by atoms with Crippen LogP contribution >= 0.6 is 0 Å². The van der Waals surface area contributed by atoms with Gasteiger partial charge >= 0.3 is 0 Å². The van der Waals surface area contributed by atoms with Crippen LogP contribution in [0.1, 0.15) is 41.5 Å². The molecule has 0 aromatic rings. The van der Waals surface area contributed by atoms with Crippen molar-refractivity contribution in [2.45, 2.75) is 58.2 Å². The van der Waals surface area contributed by atoms with Gasteiger partial charge in [-0.3, -0.25) is 0 Å². The fourth-order valence-corrected chi connectivity index (χ4v) is 7.81. The Kier molecular flexibility index (Phi) is 4.66. The Bertz CT molecular complexity index is 178. The van der Waals surface area contributed by atoms with E-state index in [9.17, 15) is 4.79 Å². The molecule has 0 aliphatic carbocycles. The van der Waals surface area contributed by atoms with Crippen molar-refractivity contribution in [2.75, 3.05) is 0 Å². The molecule has 0 spiro atoms. The lowest BCUT2D eigenvalue weighted by Gasteiger charge is -2.39. The van der Waals surface area contributed by atoms with Crippen LogP contribution in [0.2, 0.25) is 16.6 Å². The molecule has 0 N–H and O–H groups in total. The van der Waals surface area contributed by atoms with Crippen molar-refractivity contribution in [1.29, 1.82) is 0 Å². The molecule has 76 valence electrons. The molecule has 0 amide bonds. The van der Waals surface area contributed by atoms with Crippen molar-refractivity contribution in [1.82, 2.24) is 0 Å². The standard InChI is InChI=1S/C11H22OSi/c1-9(2)13(8-7-12,10(3)4)11(5)6/h8-11H,1-6H3. The summed E-state index contributed by atoms with van der Waals surface area (Å²) in [5, 5.41) is 0. The molecule has 1 nitrogen and oxygen atoms in total. The lowest BCUT2D eigenvalue weighted by Crippen LogP contribution is -2.42. The topological polar surface area (TPSA) is 17.1 Å². The van der Waals surface area contributed by atoms with Crippen molar-refractivity contribution < 1.29 is 4.79 Å². The predicted octanol–water partition coefficient (Wildman–Crippen LogP) is 3.59. The van der Waals surface area contributed by atoms with Crippen LogP contribution in [0.5, 0.6) is 0 Å². The second-order valence-corrected chi connectivity index (χ2v) is 10.5. The van der Waals surface area contributed by atoms with E-state index in [1.165, 1.54) is 0 Å². The minimum Gasteiger partial charge on any atom is -0.234 e. The fourth-order valence-electron chi connectivity index (χ4n) is 2.60. The van der Waals surface area contributed by atoms with E-state index in [4.69, 9.17) is 0 Å². The van der Waals surface area contributed by atoms with E-state index in [1.807, 2.05) is 11.6 Å². The quantitative estimate of drug-likeness (QED) is 0.498. The zero-order chi connectivity index (χ0) is 10.6. The molecule has 0 atom stereocenters. The Balaban J connectivity index is 5.17. The largest absolute Gasteiger partial charge is 0.234 e.